The van der Waals surface area contributed by atoms with Crippen LogP contribution in [0.25, 0.3) is 6.08 Å². The van der Waals surface area contributed by atoms with Crippen LogP contribution in [0.15, 0.2) is 93.9 Å². The van der Waals surface area contributed by atoms with Gasteiger partial charge in [-0.3, -0.25) is 9.36 Å². The van der Waals surface area contributed by atoms with Crippen molar-refractivity contribution in [3.8, 4) is 5.75 Å². The van der Waals surface area contributed by atoms with Crippen molar-refractivity contribution in [3.63, 3.8) is 0 Å². The Morgan fingerprint density at radius 2 is 1.82 bits per heavy atom. The number of carbonyl (C=O) groups excluding carboxylic acids is 1. The Morgan fingerprint density at radius 3 is 2.51 bits per heavy atom. The zero-order valence-corrected chi connectivity index (χ0v) is 23.5. The molecule has 6 nitrogen and oxygen atoms in total. The van der Waals surface area contributed by atoms with Gasteiger partial charge in [-0.05, 0) is 60.9 Å². The van der Waals surface area contributed by atoms with Crippen LogP contribution in [-0.4, -0.2) is 17.1 Å². The quantitative estimate of drug-likeness (QED) is 0.264. The largest absolute Gasteiger partial charge is 0.489 e. The Hall–Kier alpha value is -3.65. The van der Waals surface area contributed by atoms with Crippen LogP contribution < -0.4 is 19.6 Å². The first-order valence-corrected chi connectivity index (χ1v) is 13.8. The average molecular weight is 580 g/mol. The minimum Gasteiger partial charge on any atom is -0.489 e. The van der Waals surface area contributed by atoms with Crippen molar-refractivity contribution >= 4 is 46.6 Å². The van der Waals surface area contributed by atoms with E-state index in [4.69, 9.17) is 32.7 Å². The minimum absolute atomic E-state index is 0.202. The predicted octanol–water partition coefficient (Wildman–Crippen LogP) is 5.68. The number of ether oxygens (including phenoxy) is 2. The fourth-order valence-corrected chi connectivity index (χ4v) is 5.85. The van der Waals surface area contributed by atoms with Crippen molar-refractivity contribution in [1.82, 2.24) is 4.57 Å². The summed E-state index contributed by atoms with van der Waals surface area (Å²) >= 11 is 13.6. The second-order valence-electron chi connectivity index (χ2n) is 8.81. The highest BCUT2D eigenvalue weighted by molar-refractivity contribution is 7.07. The molecular weight excluding hydrogens is 555 g/mol. The van der Waals surface area contributed by atoms with E-state index in [9.17, 15) is 9.59 Å². The van der Waals surface area contributed by atoms with Gasteiger partial charge in [0.1, 0.15) is 12.4 Å². The molecular formula is C30H24Cl2N2O4S. The summed E-state index contributed by atoms with van der Waals surface area (Å²) in [5, 5.41) is 0.934. The molecule has 9 heteroatoms. The van der Waals surface area contributed by atoms with Crippen molar-refractivity contribution in [2.75, 3.05) is 6.61 Å². The van der Waals surface area contributed by atoms with E-state index in [1.54, 1.807) is 42.7 Å². The maximum atomic E-state index is 13.8. The maximum absolute atomic E-state index is 13.8. The summed E-state index contributed by atoms with van der Waals surface area (Å²) in [6.07, 6.45) is 1.71. The van der Waals surface area contributed by atoms with Gasteiger partial charge in [0, 0.05) is 10.0 Å². The highest BCUT2D eigenvalue weighted by Gasteiger charge is 2.33. The molecule has 0 N–H and O–H groups in total. The minimum atomic E-state index is -0.716. The van der Waals surface area contributed by atoms with Gasteiger partial charge in [-0.15, -0.1) is 0 Å². The number of carbonyl (C=O) groups is 1. The monoisotopic (exact) mass is 578 g/mol. The number of fused-ring (bicyclic) bond motifs is 1. The van der Waals surface area contributed by atoms with Gasteiger partial charge in [-0.1, -0.05) is 83.1 Å². The predicted molar refractivity (Wildman–Crippen MR) is 154 cm³/mol. The molecule has 39 heavy (non-hydrogen) atoms. The van der Waals surface area contributed by atoms with Crippen LogP contribution in [0.4, 0.5) is 0 Å². The lowest BCUT2D eigenvalue weighted by Crippen LogP contribution is -2.39. The lowest BCUT2D eigenvalue weighted by atomic mass is 9.96. The van der Waals surface area contributed by atoms with E-state index < -0.39 is 12.0 Å². The third-order valence-corrected chi connectivity index (χ3v) is 7.76. The molecule has 0 saturated carbocycles. The number of nitrogens with zero attached hydrogens (tertiary/aromatic N) is 2. The van der Waals surface area contributed by atoms with E-state index in [0.717, 1.165) is 11.1 Å². The first kappa shape index (κ1) is 26.9. The first-order valence-electron chi connectivity index (χ1n) is 12.3. The van der Waals surface area contributed by atoms with Crippen molar-refractivity contribution in [2.24, 2.45) is 4.99 Å². The molecule has 198 valence electrons. The summed E-state index contributed by atoms with van der Waals surface area (Å²) in [7, 11) is 0. The number of benzene rings is 3. The molecule has 0 bridgehead atoms. The number of aromatic nitrogens is 1. The molecule has 5 rings (SSSR count). The fraction of sp³-hybridized carbons (Fsp3) is 0.167. The number of halogens is 2. The van der Waals surface area contributed by atoms with E-state index in [2.05, 4.69) is 4.99 Å². The second-order valence-corrected chi connectivity index (χ2v) is 10.7. The summed E-state index contributed by atoms with van der Waals surface area (Å²) < 4.78 is 13.3. The van der Waals surface area contributed by atoms with Crippen molar-refractivity contribution in [2.45, 2.75) is 26.5 Å². The van der Waals surface area contributed by atoms with Crippen molar-refractivity contribution in [3.05, 3.63) is 130 Å². The van der Waals surface area contributed by atoms with Gasteiger partial charge in [0.2, 0.25) is 0 Å². The van der Waals surface area contributed by atoms with Crippen LogP contribution in [0.3, 0.4) is 0 Å². The number of allylic oxidation sites excluding steroid dienone is 1. The molecule has 0 aliphatic carbocycles. The number of hydrogen-bond acceptors (Lipinski definition) is 6. The summed E-state index contributed by atoms with van der Waals surface area (Å²) in [6.45, 7) is 4.13. The molecule has 2 heterocycles. The number of rotatable bonds is 7. The maximum Gasteiger partial charge on any atom is 0.338 e. The Morgan fingerprint density at radius 1 is 1.08 bits per heavy atom. The Labute approximate surface area is 239 Å². The molecule has 0 spiro atoms. The molecule has 0 amide bonds. The lowest BCUT2D eigenvalue weighted by Gasteiger charge is -2.24. The summed E-state index contributed by atoms with van der Waals surface area (Å²) in [4.78, 5) is 31.9. The summed E-state index contributed by atoms with van der Waals surface area (Å²) in [6, 6.07) is 21.6. The van der Waals surface area contributed by atoms with E-state index in [1.165, 1.54) is 11.3 Å². The molecule has 1 aliphatic rings. The number of esters is 1. The second kappa shape index (κ2) is 11.6. The van der Waals surface area contributed by atoms with Crippen LogP contribution in [0.5, 0.6) is 5.75 Å². The molecule has 0 saturated heterocycles. The Balaban J connectivity index is 1.57. The van der Waals surface area contributed by atoms with Crippen molar-refractivity contribution < 1.29 is 14.3 Å². The summed E-state index contributed by atoms with van der Waals surface area (Å²) in [5.41, 5.74) is 2.98. The Kier molecular flexibility index (Phi) is 8.02. The molecule has 1 atom stereocenters. The molecule has 1 unspecified atom stereocenters. The zero-order chi connectivity index (χ0) is 27.5. The molecule has 0 fully saturated rings. The fourth-order valence-electron chi connectivity index (χ4n) is 4.35. The van der Waals surface area contributed by atoms with Gasteiger partial charge in [-0.25, -0.2) is 9.79 Å². The number of hydrogen-bond donors (Lipinski definition) is 0. The topological polar surface area (TPSA) is 69.9 Å². The molecule has 3 aromatic carbocycles. The molecule has 4 aromatic rings. The van der Waals surface area contributed by atoms with Crippen LogP contribution in [-0.2, 0) is 16.1 Å². The third-order valence-electron chi connectivity index (χ3n) is 6.21. The third kappa shape index (κ3) is 5.71. The first-order chi connectivity index (χ1) is 18.9. The van der Waals surface area contributed by atoms with Crippen molar-refractivity contribution in [1.29, 1.82) is 0 Å². The molecule has 1 aliphatic heterocycles. The van der Waals surface area contributed by atoms with Gasteiger partial charge in [-0.2, -0.15) is 0 Å². The highest BCUT2D eigenvalue weighted by atomic mass is 35.5. The molecule has 1 aromatic heterocycles. The van der Waals surface area contributed by atoms with Gasteiger partial charge < -0.3 is 9.47 Å². The normalized spacial score (nSPS) is 15.1. The average Bonchev–Trinajstić information content (AvgIpc) is 3.23. The van der Waals surface area contributed by atoms with E-state index in [1.807, 2.05) is 54.6 Å². The van der Waals surface area contributed by atoms with Gasteiger partial charge in [0.25, 0.3) is 5.56 Å². The van der Waals surface area contributed by atoms with E-state index >= 15 is 0 Å². The molecule has 0 radical (unpaired) electrons. The summed E-state index contributed by atoms with van der Waals surface area (Å²) in [5.74, 6) is 0.161. The van der Waals surface area contributed by atoms with Crippen LogP contribution in [0.1, 0.15) is 36.6 Å². The van der Waals surface area contributed by atoms with Gasteiger partial charge >= 0.3 is 5.97 Å². The smallest absolute Gasteiger partial charge is 0.338 e. The van der Waals surface area contributed by atoms with Crippen LogP contribution >= 0.6 is 34.5 Å². The van der Waals surface area contributed by atoms with E-state index in [-0.39, 0.29) is 12.2 Å². The number of thiazole rings is 1. The SMILES string of the molecule is CCOC(=O)C1=C(C)N=c2s/c(=C\c3ccc(Cl)cc3Cl)c(=O)n2C1c1ccc(OCc2ccccc2)cc1. The van der Waals surface area contributed by atoms with Gasteiger partial charge in [0.05, 0.1) is 28.5 Å². The van der Waals surface area contributed by atoms with E-state index in [0.29, 0.717) is 48.6 Å². The zero-order valence-electron chi connectivity index (χ0n) is 21.2. The highest BCUT2D eigenvalue weighted by Crippen LogP contribution is 2.32. The van der Waals surface area contributed by atoms with Crippen LogP contribution in [0.2, 0.25) is 10.0 Å². The standard InChI is InChI=1S/C30H24Cl2N2O4S/c1-3-37-29(36)26-18(2)33-30-34(28(35)25(39-30)15-21-9-12-22(31)16-24(21)32)27(26)20-10-13-23(14-11-20)38-17-19-7-5-4-6-8-19/h4-16,27H,3,17H2,1-2H3/b25-15-. The van der Waals surface area contributed by atoms with Gasteiger partial charge in [0.15, 0.2) is 4.80 Å². The lowest BCUT2D eigenvalue weighted by molar-refractivity contribution is -0.139. The van der Waals surface area contributed by atoms with Crippen LogP contribution in [0, 0.1) is 0 Å². The Bertz CT molecular complexity index is 1740.